The summed E-state index contributed by atoms with van der Waals surface area (Å²) in [6.07, 6.45) is -0.0239. The van der Waals surface area contributed by atoms with Gasteiger partial charge in [0.05, 0.1) is 36.3 Å². The molecule has 0 aromatic heterocycles. The number of morpholine rings is 1. The van der Waals surface area contributed by atoms with Gasteiger partial charge in [0.25, 0.3) is 0 Å². The number of benzene rings is 1. The molecule has 1 aromatic rings. The van der Waals surface area contributed by atoms with E-state index in [2.05, 4.69) is 4.90 Å². The monoisotopic (exact) mass is 280 g/mol. The maximum atomic E-state index is 9.31. The Hall–Kier alpha value is -1.46. The van der Waals surface area contributed by atoms with E-state index in [0.29, 0.717) is 18.0 Å². The molecule has 0 saturated carbocycles. The van der Waals surface area contributed by atoms with E-state index in [0.717, 1.165) is 12.2 Å². The fraction of sp³-hybridized carbons (Fsp3) is 0.600. The smallest absolute Gasteiger partial charge is 0.144 e. The number of rotatable bonds is 4. The maximum absolute atomic E-state index is 9.31. The minimum absolute atomic E-state index is 0.0168. The van der Waals surface area contributed by atoms with Crippen molar-refractivity contribution >= 4 is 11.4 Å². The predicted octanol–water partition coefficient (Wildman–Crippen LogP) is 1.64. The number of aliphatic hydroxyl groups is 1. The molecule has 2 unspecified atom stereocenters. The summed E-state index contributed by atoms with van der Waals surface area (Å²) in [5.74, 6) is 0.706. The average molecular weight is 280 g/mol. The van der Waals surface area contributed by atoms with Gasteiger partial charge in [0.1, 0.15) is 5.75 Å². The third-order valence-electron chi connectivity index (χ3n) is 3.28. The van der Waals surface area contributed by atoms with E-state index in [1.54, 1.807) is 0 Å². The quantitative estimate of drug-likeness (QED) is 0.821. The summed E-state index contributed by atoms with van der Waals surface area (Å²) in [5.41, 5.74) is 7.81. The van der Waals surface area contributed by atoms with Gasteiger partial charge >= 0.3 is 0 Å². The van der Waals surface area contributed by atoms with E-state index in [1.165, 1.54) is 0 Å². The molecule has 1 saturated heterocycles. The van der Waals surface area contributed by atoms with Crippen LogP contribution in [0.15, 0.2) is 18.2 Å². The summed E-state index contributed by atoms with van der Waals surface area (Å²) < 4.78 is 11.4. The van der Waals surface area contributed by atoms with Crippen LogP contribution in [0.25, 0.3) is 0 Å². The molecular formula is C15H24N2O3. The molecule has 1 fully saturated rings. The molecular weight excluding hydrogens is 256 g/mol. The lowest BCUT2D eigenvalue weighted by Crippen LogP contribution is -2.48. The molecule has 2 atom stereocenters. The van der Waals surface area contributed by atoms with Crippen LogP contribution < -0.4 is 15.4 Å². The summed E-state index contributed by atoms with van der Waals surface area (Å²) in [5, 5.41) is 9.31. The second-order valence-electron chi connectivity index (χ2n) is 5.51. The molecule has 112 valence electrons. The zero-order valence-corrected chi connectivity index (χ0v) is 12.4. The van der Waals surface area contributed by atoms with Gasteiger partial charge in [0.15, 0.2) is 0 Å². The van der Waals surface area contributed by atoms with Crippen LogP contribution in [0, 0.1) is 0 Å². The van der Waals surface area contributed by atoms with Crippen LogP contribution >= 0.6 is 0 Å². The van der Waals surface area contributed by atoms with Crippen LogP contribution in [-0.2, 0) is 4.74 Å². The zero-order valence-electron chi connectivity index (χ0n) is 12.4. The van der Waals surface area contributed by atoms with E-state index in [-0.39, 0.29) is 24.9 Å². The summed E-state index contributed by atoms with van der Waals surface area (Å²) in [7, 11) is 0. The number of hydrogen-bond donors (Lipinski definition) is 2. The highest BCUT2D eigenvalue weighted by molar-refractivity contribution is 5.74. The minimum Gasteiger partial charge on any atom is -0.489 e. The summed E-state index contributed by atoms with van der Waals surface area (Å²) >= 11 is 0. The Morgan fingerprint density at radius 1 is 1.45 bits per heavy atom. The molecule has 0 spiro atoms. The average Bonchev–Trinajstić information content (AvgIpc) is 2.40. The van der Waals surface area contributed by atoms with E-state index in [1.807, 2.05) is 39.0 Å². The van der Waals surface area contributed by atoms with Crippen LogP contribution in [0.4, 0.5) is 11.4 Å². The third-order valence-corrected chi connectivity index (χ3v) is 3.28. The number of para-hydroxylation sites is 1. The van der Waals surface area contributed by atoms with Crippen molar-refractivity contribution in [1.82, 2.24) is 0 Å². The Bertz CT molecular complexity index is 451. The molecule has 0 aliphatic carbocycles. The van der Waals surface area contributed by atoms with E-state index in [4.69, 9.17) is 15.2 Å². The molecule has 5 heteroatoms. The zero-order chi connectivity index (χ0) is 14.7. The molecule has 0 amide bonds. The van der Waals surface area contributed by atoms with Crippen molar-refractivity contribution in [1.29, 1.82) is 0 Å². The van der Waals surface area contributed by atoms with Crippen molar-refractivity contribution < 1.29 is 14.6 Å². The van der Waals surface area contributed by atoms with E-state index < -0.39 is 0 Å². The van der Waals surface area contributed by atoms with Gasteiger partial charge in [-0.15, -0.1) is 0 Å². The Labute approximate surface area is 120 Å². The second-order valence-corrected chi connectivity index (χ2v) is 5.51. The van der Waals surface area contributed by atoms with Gasteiger partial charge in [-0.05, 0) is 32.9 Å². The number of anilines is 2. The highest BCUT2D eigenvalue weighted by Crippen LogP contribution is 2.34. The van der Waals surface area contributed by atoms with Crippen LogP contribution in [0.3, 0.4) is 0 Å². The fourth-order valence-electron chi connectivity index (χ4n) is 2.51. The number of ether oxygens (including phenoxy) is 2. The SMILES string of the molecule is CC(C)Oc1cccc(N2CC(C)OC(CO)C2)c1N. The van der Waals surface area contributed by atoms with Crippen molar-refractivity contribution in [3.05, 3.63) is 18.2 Å². The van der Waals surface area contributed by atoms with Crippen molar-refractivity contribution in [2.45, 2.75) is 39.1 Å². The lowest BCUT2D eigenvalue weighted by atomic mass is 10.1. The first-order valence-corrected chi connectivity index (χ1v) is 7.07. The van der Waals surface area contributed by atoms with Crippen molar-refractivity contribution in [3.8, 4) is 5.75 Å². The van der Waals surface area contributed by atoms with Crippen molar-refractivity contribution in [3.63, 3.8) is 0 Å². The topological polar surface area (TPSA) is 68.0 Å². The summed E-state index contributed by atoms with van der Waals surface area (Å²) in [6.45, 7) is 7.36. The van der Waals surface area contributed by atoms with Crippen LogP contribution in [-0.4, -0.2) is 43.1 Å². The number of hydrogen-bond acceptors (Lipinski definition) is 5. The first kappa shape index (κ1) is 14.9. The first-order valence-electron chi connectivity index (χ1n) is 7.07. The first-order chi connectivity index (χ1) is 9.51. The highest BCUT2D eigenvalue weighted by atomic mass is 16.5. The van der Waals surface area contributed by atoms with Gasteiger partial charge < -0.3 is 25.2 Å². The standard InChI is InChI=1S/C15H24N2O3/c1-10(2)19-14-6-4-5-13(15(14)16)17-7-11(3)20-12(8-17)9-18/h4-6,10-12,18H,7-9,16H2,1-3H3. The van der Waals surface area contributed by atoms with E-state index in [9.17, 15) is 5.11 Å². The molecule has 20 heavy (non-hydrogen) atoms. The molecule has 3 N–H and O–H groups in total. The normalized spacial score (nSPS) is 23.1. The fourth-order valence-corrected chi connectivity index (χ4v) is 2.51. The minimum atomic E-state index is -0.173. The number of nitrogens with zero attached hydrogens (tertiary/aromatic N) is 1. The van der Waals surface area contributed by atoms with Gasteiger partial charge in [-0.1, -0.05) is 6.07 Å². The Balaban J connectivity index is 2.23. The van der Waals surface area contributed by atoms with Gasteiger partial charge in [0, 0.05) is 13.1 Å². The molecule has 2 rings (SSSR count). The molecule has 1 aliphatic heterocycles. The Morgan fingerprint density at radius 2 is 2.20 bits per heavy atom. The summed E-state index contributed by atoms with van der Waals surface area (Å²) in [4.78, 5) is 2.15. The van der Waals surface area contributed by atoms with Gasteiger partial charge in [-0.25, -0.2) is 0 Å². The number of nitrogens with two attached hydrogens (primary N) is 1. The molecule has 0 radical (unpaired) electrons. The molecule has 5 nitrogen and oxygen atoms in total. The van der Waals surface area contributed by atoms with Gasteiger partial charge in [-0.2, -0.15) is 0 Å². The lowest BCUT2D eigenvalue weighted by molar-refractivity contribution is -0.0420. The Kier molecular flexibility index (Phi) is 4.73. The van der Waals surface area contributed by atoms with Crippen LogP contribution in [0.5, 0.6) is 5.75 Å². The van der Waals surface area contributed by atoms with Crippen LogP contribution in [0.1, 0.15) is 20.8 Å². The molecule has 0 bridgehead atoms. The Morgan fingerprint density at radius 3 is 2.85 bits per heavy atom. The van der Waals surface area contributed by atoms with Crippen LogP contribution in [0.2, 0.25) is 0 Å². The van der Waals surface area contributed by atoms with Gasteiger partial charge in [-0.3, -0.25) is 0 Å². The molecule has 1 heterocycles. The maximum Gasteiger partial charge on any atom is 0.144 e. The largest absolute Gasteiger partial charge is 0.489 e. The van der Waals surface area contributed by atoms with Gasteiger partial charge in [0.2, 0.25) is 0 Å². The highest BCUT2D eigenvalue weighted by Gasteiger charge is 2.26. The van der Waals surface area contributed by atoms with E-state index >= 15 is 0 Å². The number of nitrogen functional groups attached to an aromatic ring is 1. The number of aliphatic hydroxyl groups excluding tert-OH is 1. The summed E-state index contributed by atoms with van der Waals surface area (Å²) in [6, 6.07) is 5.80. The third kappa shape index (κ3) is 3.35. The predicted molar refractivity (Wildman–Crippen MR) is 80.3 cm³/mol. The molecule has 1 aromatic carbocycles. The molecule has 1 aliphatic rings. The van der Waals surface area contributed by atoms with Crippen molar-refractivity contribution in [2.75, 3.05) is 30.3 Å². The lowest BCUT2D eigenvalue weighted by Gasteiger charge is -2.38. The second kappa shape index (κ2) is 6.33. The van der Waals surface area contributed by atoms with Crippen molar-refractivity contribution in [2.24, 2.45) is 0 Å².